The predicted molar refractivity (Wildman–Crippen MR) is 90.8 cm³/mol. The summed E-state index contributed by atoms with van der Waals surface area (Å²) in [5, 5.41) is 0. The molecule has 22 heavy (non-hydrogen) atoms. The van der Waals surface area contributed by atoms with E-state index in [0.717, 1.165) is 6.54 Å². The minimum atomic E-state index is 0.185. The Morgan fingerprint density at radius 1 is 1.09 bits per heavy atom. The number of hydrogen-bond donors (Lipinski definition) is 0. The van der Waals surface area contributed by atoms with E-state index < -0.39 is 0 Å². The van der Waals surface area contributed by atoms with Gasteiger partial charge in [-0.15, -0.1) is 0 Å². The van der Waals surface area contributed by atoms with E-state index >= 15 is 0 Å². The predicted octanol–water partition coefficient (Wildman–Crippen LogP) is 4.11. The highest BCUT2D eigenvalue weighted by atomic mass is 15.2. The maximum atomic E-state index is 4.75. The molecule has 1 unspecified atom stereocenters. The Morgan fingerprint density at radius 2 is 1.77 bits per heavy atom. The second kappa shape index (κ2) is 6.25. The van der Waals surface area contributed by atoms with Gasteiger partial charge in [0.15, 0.2) is 0 Å². The third kappa shape index (κ3) is 3.25. The van der Waals surface area contributed by atoms with Crippen LogP contribution in [0, 0.1) is 5.41 Å². The van der Waals surface area contributed by atoms with Gasteiger partial charge in [0.2, 0.25) is 0 Å². The number of nitrogens with zero attached hydrogens (tertiary/aromatic N) is 3. The molecular formula is C19H27N3. The summed E-state index contributed by atoms with van der Waals surface area (Å²) in [6.45, 7) is 10.3. The van der Waals surface area contributed by atoms with Gasteiger partial charge in [0.25, 0.3) is 0 Å². The zero-order valence-electron chi connectivity index (χ0n) is 14.0. The second-order valence-corrected chi connectivity index (χ2v) is 7.41. The molecule has 3 nitrogen and oxygen atoms in total. The number of likely N-dealkylation sites (tertiary alicyclic amines) is 1. The summed E-state index contributed by atoms with van der Waals surface area (Å²) in [6.07, 6.45) is 6.70. The van der Waals surface area contributed by atoms with Crippen molar-refractivity contribution in [1.29, 1.82) is 0 Å². The Labute approximate surface area is 134 Å². The Hall–Kier alpha value is -1.61. The summed E-state index contributed by atoms with van der Waals surface area (Å²) < 4.78 is 2.32. The van der Waals surface area contributed by atoms with E-state index in [4.69, 9.17) is 4.98 Å². The van der Waals surface area contributed by atoms with Gasteiger partial charge in [-0.3, -0.25) is 4.90 Å². The lowest BCUT2D eigenvalue weighted by molar-refractivity contribution is 0.114. The quantitative estimate of drug-likeness (QED) is 0.846. The lowest BCUT2D eigenvalue weighted by Crippen LogP contribution is -2.37. The Bertz CT molecular complexity index is 589. The van der Waals surface area contributed by atoms with E-state index in [2.05, 4.69) is 66.8 Å². The van der Waals surface area contributed by atoms with Crippen molar-refractivity contribution in [2.45, 2.75) is 46.2 Å². The van der Waals surface area contributed by atoms with Crippen LogP contribution in [0.2, 0.25) is 0 Å². The van der Waals surface area contributed by atoms with Crippen molar-refractivity contribution in [2.75, 3.05) is 13.1 Å². The van der Waals surface area contributed by atoms with Crippen LogP contribution in [0.1, 0.15) is 51.0 Å². The molecule has 1 aliphatic rings. The molecule has 0 amide bonds. The van der Waals surface area contributed by atoms with Crippen LogP contribution in [-0.4, -0.2) is 27.5 Å². The molecule has 3 heteroatoms. The molecule has 1 atom stereocenters. The van der Waals surface area contributed by atoms with Gasteiger partial charge in [0.05, 0.1) is 6.04 Å². The third-order valence-corrected chi connectivity index (χ3v) is 4.51. The molecule has 0 aliphatic carbocycles. The van der Waals surface area contributed by atoms with E-state index in [9.17, 15) is 0 Å². The minimum absolute atomic E-state index is 0.185. The molecule has 1 aromatic carbocycles. The van der Waals surface area contributed by atoms with Crippen molar-refractivity contribution in [3.05, 3.63) is 54.1 Å². The van der Waals surface area contributed by atoms with Crippen molar-refractivity contribution in [3.8, 4) is 0 Å². The van der Waals surface area contributed by atoms with Crippen LogP contribution in [-0.2, 0) is 6.54 Å². The summed E-state index contributed by atoms with van der Waals surface area (Å²) in [5.74, 6) is 1.21. The van der Waals surface area contributed by atoms with Gasteiger partial charge in [0.1, 0.15) is 5.82 Å². The first kappa shape index (κ1) is 15.3. The maximum Gasteiger partial charge on any atom is 0.126 e. The van der Waals surface area contributed by atoms with Crippen LogP contribution in [0.25, 0.3) is 0 Å². The third-order valence-electron chi connectivity index (χ3n) is 4.51. The molecule has 0 N–H and O–H groups in total. The van der Waals surface area contributed by atoms with Crippen molar-refractivity contribution >= 4 is 0 Å². The summed E-state index contributed by atoms with van der Waals surface area (Å²) in [5.41, 5.74) is 1.51. The highest BCUT2D eigenvalue weighted by Gasteiger charge is 2.36. The first-order chi connectivity index (χ1) is 10.6. The molecular weight excluding hydrogens is 270 g/mol. The number of rotatable bonds is 4. The van der Waals surface area contributed by atoms with Gasteiger partial charge < -0.3 is 4.57 Å². The van der Waals surface area contributed by atoms with Crippen molar-refractivity contribution in [3.63, 3.8) is 0 Å². The van der Waals surface area contributed by atoms with Gasteiger partial charge in [-0.1, -0.05) is 51.1 Å². The molecule has 2 aromatic rings. The molecule has 3 rings (SSSR count). The fourth-order valence-corrected chi connectivity index (χ4v) is 3.58. The summed E-state index contributed by atoms with van der Waals surface area (Å²) in [6, 6.07) is 11.0. The Morgan fingerprint density at radius 3 is 2.41 bits per heavy atom. The van der Waals surface area contributed by atoms with E-state index in [1.54, 1.807) is 0 Å². The molecule has 0 spiro atoms. The van der Waals surface area contributed by atoms with Crippen molar-refractivity contribution in [1.82, 2.24) is 14.5 Å². The zero-order chi connectivity index (χ0) is 15.6. The normalized spacial score (nSPS) is 17.8. The number of benzene rings is 1. The van der Waals surface area contributed by atoms with Gasteiger partial charge >= 0.3 is 0 Å². The summed E-state index contributed by atoms with van der Waals surface area (Å²) >= 11 is 0. The lowest BCUT2D eigenvalue weighted by Gasteiger charge is -2.37. The van der Waals surface area contributed by atoms with E-state index in [1.165, 1.54) is 37.3 Å². The van der Waals surface area contributed by atoms with Crippen LogP contribution >= 0.6 is 0 Å². The maximum absolute atomic E-state index is 4.75. The fourth-order valence-electron chi connectivity index (χ4n) is 3.58. The van der Waals surface area contributed by atoms with Crippen LogP contribution in [0.15, 0.2) is 42.7 Å². The van der Waals surface area contributed by atoms with Gasteiger partial charge in [-0.05, 0) is 36.9 Å². The number of aromatic nitrogens is 2. The summed E-state index contributed by atoms with van der Waals surface area (Å²) in [7, 11) is 0. The van der Waals surface area contributed by atoms with Crippen LogP contribution in [0.4, 0.5) is 0 Å². The highest BCUT2D eigenvalue weighted by molar-refractivity contribution is 5.17. The largest absolute Gasteiger partial charge is 0.329 e. The molecule has 1 saturated heterocycles. The molecule has 0 radical (unpaired) electrons. The fraction of sp³-hybridized carbons (Fsp3) is 0.526. The smallest absolute Gasteiger partial charge is 0.126 e. The average molecular weight is 297 g/mol. The molecule has 0 saturated carbocycles. The Kier molecular flexibility index (Phi) is 4.34. The zero-order valence-corrected chi connectivity index (χ0v) is 14.0. The second-order valence-electron chi connectivity index (χ2n) is 7.41. The monoisotopic (exact) mass is 297 g/mol. The molecule has 1 aromatic heterocycles. The molecule has 0 bridgehead atoms. The van der Waals surface area contributed by atoms with Gasteiger partial charge in [-0.2, -0.15) is 0 Å². The van der Waals surface area contributed by atoms with Gasteiger partial charge in [-0.25, -0.2) is 4.98 Å². The van der Waals surface area contributed by atoms with Crippen molar-refractivity contribution < 1.29 is 0 Å². The van der Waals surface area contributed by atoms with Crippen LogP contribution in [0.5, 0.6) is 0 Å². The van der Waals surface area contributed by atoms with E-state index in [0.29, 0.717) is 6.04 Å². The standard InChI is InChI=1S/C19H27N3/c1-19(2,3)17(21-12-7-8-13-21)18-20-11-14-22(18)15-16-9-5-4-6-10-16/h4-6,9-11,14,17H,7-8,12-13,15H2,1-3H3. The lowest BCUT2D eigenvalue weighted by atomic mass is 9.85. The summed E-state index contributed by atoms with van der Waals surface area (Å²) in [4.78, 5) is 7.36. The Balaban J connectivity index is 1.90. The molecule has 2 heterocycles. The number of imidazole rings is 1. The molecule has 118 valence electrons. The van der Waals surface area contributed by atoms with Gasteiger partial charge in [0, 0.05) is 18.9 Å². The van der Waals surface area contributed by atoms with Crippen LogP contribution in [0.3, 0.4) is 0 Å². The first-order valence-corrected chi connectivity index (χ1v) is 8.35. The first-order valence-electron chi connectivity index (χ1n) is 8.35. The van der Waals surface area contributed by atoms with E-state index in [1.807, 2.05) is 6.20 Å². The number of hydrogen-bond acceptors (Lipinski definition) is 2. The minimum Gasteiger partial charge on any atom is -0.329 e. The molecule has 1 fully saturated rings. The average Bonchev–Trinajstić information content (AvgIpc) is 3.12. The SMILES string of the molecule is CC(C)(C)C(c1nccn1Cc1ccccc1)N1CCCC1. The van der Waals surface area contributed by atoms with Crippen molar-refractivity contribution in [2.24, 2.45) is 5.41 Å². The van der Waals surface area contributed by atoms with E-state index in [-0.39, 0.29) is 5.41 Å². The molecule has 1 aliphatic heterocycles. The highest BCUT2D eigenvalue weighted by Crippen LogP contribution is 2.39. The topological polar surface area (TPSA) is 21.1 Å². The van der Waals surface area contributed by atoms with Crippen LogP contribution < -0.4 is 0 Å².